The van der Waals surface area contributed by atoms with Gasteiger partial charge in [0.2, 0.25) is 0 Å². The molecule has 0 fully saturated rings. The molecule has 0 aliphatic rings. The van der Waals surface area contributed by atoms with Crippen LogP contribution < -0.4 is 9.64 Å². The van der Waals surface area contributed by atoms with Crippen LogP contribution in [0.4, 0.5) is 10.1 Å². The first-order chi connectivity index (χ1) is 9.10. The van der Waals surface area contributed by atoms with Crippen LogP contribution in [0.25, 0.3) is 0 Å². The minimum Gasteiger partial charge on any atom is -0.504 e. The fraction of sp³-hybridized carbons (Fsp3) is 0.200. The summed E-state index contributed by atoms with van der Waals surface area (Å²) in [6, 6.07) is 11.6. The van der Waals surface area contributed by atoms with Gasteiger partial charge in [0.1, 0.15) is 5.82 Å². The predicted molar refractivity (Wildman–Crippen MR) is 73.2 cm³/mol. The molecule has 0 radical (unpaired) electrons. The highest BCUT2D eigenvalue weighted by Crippen LogP contribution is 2.27. The normalized spacial score (nSPS) is 10.3. The SMILES string of the molecule is COc1ccc(CN(C)c2cccc(F)c2)cc1O. The van der Waals surface area contributed by atoms with Gasteiger partial charge in [-0.25, -0.2) is 4.39 Å². The molecular formula is C15H16FNO2. The zero-order valence-electron chi connectivity index (χ0n) is 10.9. The molecule has 0 saturated carbocycles. The molecule has 2 aromatic carbocycles. The molecule has 19 heavy (non-hydrogen) atoms. The van der Waals surface area contributed by atoms with E-state index >= 15 is 0 Å². The van der Waals surface area contributed by atoms with E-state index < -0.39 is 0 Å². The fourth-order valence-electron chi connectivity index (χ4n) is 1.91. The van der Waals surface area contributed by atoms with Crippen molar-refractivity contribution >= 4 is 5.69 Å². The molecular weight excluding hydrogens is 245 g/mol. The zero-order valence-corrected chi connectivity index (χ0v) is 10.9. The number of phenols is 1. The second-order valence-corrected chi connectivity index (χ2v) is 4.34. The number of hydrogen-bond donors (Lipinski definition) is 1. The Bertz CT molecular complexity index is 572. The van der Waals surface area contributed by atoms with Crippen molar-refractivity contribution in [2.45, 2.75) is 6.54 Å². The average Bonchev–Trinajstić information content (AvgIpc) is 2.39. The summed E-state index contributed by atoms with van der Waals surface area (Å²) in [7, 11) is 3.38. The molecule has 0 spiro atoms. The molecule has 3 nitrogen and oxygen atoms in total. The standard InChI is InChI=1S/C15H16FNO2/c1-17(13-5-3-4-12(16)9-13)10-11-6-7-15(19-2)14(18)8-11/h3-9,18H,10H2,1-2H3. The highest BCUT2D eigenvalue weighted by atomic mass is 19.1. The first-order valence-corrected chi connectivity index (χ1v) is 5.92. The maximum Gasteiger partial charge on any atom is 0.160 e. The van der Waals surface area contributed by atoms with Gasteiger partial charge in [0, 0.05) is 19.3 Å². The molecule has 4 heteroatoms. The summed E-state index contributed by atoms with van der Waals surface area (Å²) in [5.74, 6) is 0.284. The van der Waals surface area contributed by atoms with Crippen molar-refractivity contribution in [3.05, 3.63) is 53.8 Å². The Hall–Kier alpha value is -2.23. The number of hydrogen-bond acceptors (Lipinski definition) is 3. The number of rotatable bonds is 4. The minimum atomic E-state index is -0.262. The first kappa shape index (κ1) is 13.2. The number of methoxy groups -OCH3 is 1. The molecule has 2 aromatic rings. The third-order valence-electron chi connectivity index (χ3n) is 2.91. The van der Waals surface area contributed by atoms with Crippen LogP contribution in [0.3, 0.4) is 0 Å². The molecule has 1 N–H and O–H groups in total. The zero-order chi connectivity index (χ0) is 13.8. The van der Waals surface area contributed by atoms with Gasteiger partial charge in [-0.05, 0) is 35.9 Å². The predicted octanol–water partition coefficient (Wildman–Crippen LogP) is 3.18. The van der Waals surface area contributed by atoms with E-state index in [2.05, 4.69) is 0 Å². The van der Waals surface area contributed by atoms with Gasteiger partial charge < -0.3 is 14.7 Å². The summed E-state index contributed by atoms with van der Waals surface area (Å²) < 4.78 is 18.1. The highest BCUT2D eigenvalue weighted by molar-refractivity contribution is 5.48. The van der Waals surface area contributed by atoms with Gasteiger partial charge in [-0.1, -0.05) is 12.1 Å². The molecule has 0 aromatic heterocycles. The van der Waals surface area contributed by atoms with E-state index in [-0.39, 0.29) is 11.6 Å². The summed E-state index contributed by atoms with van der Waals surface area (Å²) in [6.45, 7) is 0.570. The van der Waals surface area contributed by atoms with Crippen molar-refractivity contribution in [3.63, 3.8) is 0 Å². The first-order valence-electron chi connectivity index (χ1n) is 5.92. The van der Waals surface area contributed by atoms with Gasteiger partial charge >= 0.3 is 0 Å². The Morgan fingerprint density at radius 2 is 2.00 bits per heavy atom. The summed E-state index contributed by atoms with van der Waals surface area (Å²) in [4.78, 5) is 1.91. The van der Waals surface area contributed by atoms with E-state index in [1.807, 2.05) is 24.1 Å². The van der Waals surface area contributed by atoms with E-state index in [1.165, 1.54) is 19.2 Å². The molecule has 2 rings (SSSR count). The van der Waals surface area contributed by atoms with Gasteiger partial charge in [-0.15, -0.1) is 0 Å². The number of aromatic hydroxyl groups is 1. The second kappa shape index (κ2) is 5.61. The largest absolute Gasteiger partial charge is 0.504 e. The number of ether oxygens (including phenoxy) is 1. The van der Waals surface area contributed by atoms with Crippen molar-refractivity contribution in [2.24, 2.45) is 0 Å². The minimum absolute atomic E-state index is 0.104. The van der Waals surface area contributed by atoms with Crippen LogP contribution in [0, 0.1) is 5.82 Å². The molecule has 0 aliphatic heterocycles. The lowest BCUT2D eigenvalue weighted by Crippen LogP contribution is -2.16. The Morgan fingerprint density at radius 3 is 2.63 bits per heavy atom. The van der Waals surface area contributed by atoms with Gasteiger partial charge in [0.25, 0.3) is 0 Å². The van der Waals surface area contributed by atoms with Gasteiger partial charge in [0.15, 0.2) is 11.5 Å². The summed E-state index contributed by atoms with van der Waals surface area (Å²) >= 11 is 0. The number of anilines is 1. The number of halogens is 1. The molecule has 0 amide bonds. The van der Waals surface area contributed by atoms with Gasteiger partial charge in [-0.3, -0.25) is 0 Å². The molecule has 100 valence electrons. The Kier molecular flexibility index (Phi) is 3.90. The van der Waals surface area contributed by atoms with Crippen LogP contribution in [-0.4, -0.2) is 19.3 Å². The summed E-state index contributed by atoms with van der Waals surface area (Å²) in [6.07, 6.45) is 0. The molecule has 0 unspecified atom stereocenters. The fourth-order valence-corrected chi connectivity index (χ4v) is 1.91. The van der Waals surface area contributed by atoms with E-state index in [9.17, 15) is 9.50 Å². The Labute approximate surface area is 111 Å². The van der Waals surface area contributed by atoms with E-state index in [0.717, 1.165) is 11.3 Å². The van der Waals surface area contributed by atoms with Crippen LogP contribution in [0.5, 0.6) is 11.5 Å². The quantitative estimate of drug-likeness (QED) is 0.917. The van der Waals surface area contributed by atoms with E-state index in [1.54, 1.807) is 18.2 Å². The van der Waals surface area contributed by atoms with Gasteiger partial charge in [-0.2, -0.15) is 0 Å². The smallest absolute Gasteiger partial charge is 0.160 e. The van der Waals surface area contributed by atoms with Crippen LogP contribution >= 0.6 is 0 Å². The van der Waals surface area contributed by atoms with Crippen molar-refractivity contribution in [1.29, 1.82) is 0 Å². The molecule has 0 heterocycles. The van der Waals surface area contributed by atoms with E-state index in [0.29, 0.717) is 12.3 Å². The monoisotopic (exact) mass is 261 g/mol. The van der Waals surface area contributed by atoms with Crippen LogP contribution in [0.1, 0.15) is 5.56 Å². The maximum atomic E-state index is 13.1. The molecule has 0 atom stereocenters. The van der Waals surface area contributed by atoms with Crippen LogP contribution in [0.15, 0.2) is 42.5 Å². The summed E-state index contributed by atoms with van der Waals surface area (Å²) in [5, 5.41) is 9.72. The molecule has 0 bridgehead atoms. The third-order valence-corrected chi connectivity index (χ3v) is 2.91. The van der Waals surface area contributed by atoms with E-state index in [4.69, 9.17) is 4.74 Å². The van der Waals surface area contributed by atoms with Crippen molar-refractivity contribution in [2.75, 3.05) is 19.1 Å². The third kappa shape index (κ3) is 3.16. The molecule has 0 saturated heterocycles. The summed E-state index contributed by atoms with van der Waals surface area (Å²) in [5.41, 5.74) is 1.71. The second-order valence-electron chi connectivity index (χ2n) is 4.34. The number of benzene rings is 2. The van der Waals surface area contributed by atoms with Crippen LogP contribution in [0.2, 0.25) is 0 Å². The number of phenolic OH excluding ortho intramolecular Hbond substituents is 1. The van der Waals surface area contributed by atoms with Crippen molar-refractivity contribution < 1.29 is 14.2 Å². The lowest BCUT2D eigenvalue weighted by molar-refractivity contribution is 0.373. The van der Waals surface area contributed by atoms with Crippen LogP contribution in [-0.2, 0) is 6.54 Å². The lowest BCUT2D eigenvalue weighted by Gasteiger charge is -2.19. The number of nitrogens with zero attached hydrogens (tertiary/aromatic N) is 1. The lowest BCUT2D eigenvalue weighted by atomic mass is 10.2. The van der Waals surface area contributed by atoms with Crippen molar-refractivity contribution in [1.82, 2.24) is 0 Å². The Balaban J connectivity index is 2.14. The average molecular weight is 261 g/mol. The maximum absolute atomic E-state index is 13.1. The highest BCUT2D eigenvalue weighted by Gasteiger charge is 2.06. The Morgan fingerprint density at radius 1 is 1.21 bits per heavy atom. The topological polar surface area (TPSA) is 32.7 Å². The molecule has 0 aliphatic carbocycles. The van der Waals surface area contributed by atoms with Gasteiger partial charge in [0.05, 0.1) is 7.11 Å². The van der Waals surface area contributed by atoms with Crippen molar-refractivity contribution in [3.8, 4) is 11.5 Å².